The molecule has 22 heteroatoms. The predicted octanol–water partition coefficient (Wildman–Crippen LogP) is 9.94. The zero-order chi connectivity index (χ0) is 44.0. The van der Waals surface area contributed by atoms with Crippen LogP contribution in [0.2, 0.25) is 0 Å². The first kappa shape index (κ1) is 43.4. The lowest BCUT2D eigenvalue weighted by molar-refractivity contribution is -0.159. The smallest absolute Gasteiger partial charge is 0.219 e. The Hall–Kier alpha value is -7.30. The summed E-state index contributed by atoms with van der Waals surface area (Å²) in [7, 11) is 0. The maximum absolute atomic E-state index is 15.9. The Balaban J connectivity index is 2.52. The number of rotatable bonds is 6. The molecule has 0 atom stereocenters. The number of allylic oxidation sites excluding steroid dienone is 6. The van der Waals surface area contributed by atoms with Crippen LogP contribution in [-0.4, -0.2) is 9.97 Å². The van der Waals surface area contributed by atoms with Crippen LogP contribution >= 0.6 is 0 Å². The monoisotopic (exact) mass is 822 g/mol. The zero-order valence-corrected chi connectivity index (χ0v) is 28.5. The number of unbranched alkanes of at least 4 members (excludes halogenated alkanes) is 1. The third-order valence-electron chi connectivity index (χ3n) is 8.39. The van der Waals surface area contributed by atoms with E-state index < -0.39 is 156 Å². The molecule has 8 nitrogen and oxygen atoms in total. The number of benzene rings is 2. The normalized spacial score (nSPS) is 15.3. The van der Waals surface area contributed by atoms with Gasteiger partial charge in [0, 0.05) is 22.3 Å². The van der Waals surface area contributed by atoms with Gasteiger partial charge in [-0.05, 0) is 36.5 Å². The Morgan fingerprint density at radius 3 is 1.29 bits per heavy atom. The molecule has 1 aliphatic rings. The standard InChI is InChI=1S/C36H12F14N8/c1-3-4-5-13(25-31(34(42,43)44)57-33(36(48,49)50)58-32(25)35(45,46)47)21-22(18(10-55)20-12(2)14(6-51)15(7-52)27(38)29(20)40)23(21)19(11-56)24-26(37)16(8-53)17(9-54)28(39)30(24)41/h3-5H2,1-2H3. The molecule has 1 heterocycles. The van der Waals surface area contributed by atoms with E-state index in [1.807, 2.05) is 0 Å². The molecule has 1 aliphatic carbocycles. The molecule has 0 bridgehead atoms. The van der Waals surface area contributed by atoms with Crippen LogP contribution in [0.1, 0.15) is 87.9 Å². The minimum absolute atomic E-state index is 0.148. The quantitative estimate of drug-likeness (QED) is 0.134. The van der Waals surface area contributed by atoms with E-state index in [1.165, 1.54) is 25.1 Å². The molecular weight excluding hydrogens is 810 g/mol. The van der Waals surface area contributed by atoms with Crippen molar-refractivity contribution < 1.29 is 61.5 Å². The van der Waals surface area contributed by atoms with E-state index in [0.29, 0.717) is 0 Å². The first-order chi connectivity index (χ1) is 26.9. The number of hydrogen-bond acceptors (Lipinski definition) is 8. The van der Waals surface area contributed by atoms with Gasteiger partial charge in [-0.15, -0.1) is 0 Å². The Morgan fingerprint density at radius 2 is 0.914 bits per heavy atom. The van der Waals surface area contributed by atoms with Crippen molar-refractivity contribution in [3.8, 4) is 36.4 Å². The summed E-state index contributed by atoms with van der Waals surface area (Å²) in [5.74, 6) is -14.2. The van der Waals surface area contributed by atoms with Gasteiger partial charge >= 0.3 is 18.5 Å². The largest absolute Gasteiger partial charge is 0.451 e. The van der Waals surface area contributed by atoms with Crippen molar-refractivity contribution in [1.29, 1.82) is 31.6 Å². The van der Waals surface area contributed by atoms with Crippen molar-refractivity contribution in [2.45, 2.75) is 51.6 Å². The minimum Gasteiger partial charge on any atom is -0.219 e. The Kier molecular flexibility index (Phi) is 11.5. The zero-order valence-electron chi connectivity index (χ0n) is 28.5. The van der Waals surface area contributed by atoms with Gasteiger partial charge in [-0.2, -0.15) is 71.1 Å². The van der Waals surface area contributed by atoms with Crippen LogP contribution in [0.4, 0.5) is 61.5 Å². The van der Waals surface area contributed by atoms with Crippen molar-refractivity contribution in [2.75, 3.05) is 0 Å². The predicted molar refractivity (Wildman–Crippen MR) is 165 cm³/mol. The van der Waals surface area contributed by atoms with E-state index >= 15 is 22.0 Å². The number of nitrogens with zero attached hydrogens (tertiary/aromatic N) is 8. The molecule has 294 valence electrons. The third kappa shape index (κ3) is 7.13. The van der Waals surface area contributed by atoms with Gasteiger partial charge in [-0.25, -0.2) is 31.9 Å². The van der Waals surface area contributed by atoms with Crippen LogP contribution in [0.15, 0.2) is 16.7 Å². The van der Waals surface area contributed by atoms with E-state index in [1.54, 1.807) is 0 Å². The van der Waals surface area contributed by atoms with E-state index in [2.05, 4.69) is 9.97 Å². The van der Waals surface area contributed by atoms with E-state index in [4.69, 9.17) is 0 Å². The second-order valence-electron chi connectivity index (χ2n) is 11.7. The summed E-state index contributed by atoms with van der Waals surface area (Å²) in [5, 5.41) is 58.2. The second-order valence-corrected chi connectivity index (χ2v) is 11.7. The minimum atomic E-state index is -6.22. The molecule has 4 rings (SSSR count). The van der Waals surface area contributed by atoms with Gasteiger partial charge in [0.1, 0.15) is 53.1 Å². The fourth-order valence-corrected chi connectivity index (χ4v) is 5.91. The fraction of sp³-hybridized carbons (Fsp3) is 0.222. The molecule has 0 saturated heterocycles. The summed E-state index contributed by atoms with van der Waals surface area (Å²) >= 11 is 0. The molecular formula is C36H12F14N8. The topological polar surface area (TPSA) is 169 Å². The molecule has 0 N–H and O–H groups in total. The number of halogens is 14. The summed E-state index contributed by atoms with van der Waals surface area (Å²) < 4.78 is 206. The number of hydrogen-bond donors (Lipinski definition) is 0. The van der Waals surface area contributed by atoms with Crippen LogP contribution in [0.25, 0.3) is 16.7 Å². The van der Waals surface area contributed by atoms with Crippen LogP contribution in [0, 0.1) is 104 Å². The molecule has 0 spiro atoms. The fourth-order valence-electron chi connectivity index (χ4n) is 5.91. The van der Waals surface area contributed by atoms with Crippen molar-refractivity contribution >= 4 is 16.7 Å². The molecule has 2 aromatic carbocycles. The summed E-state index contributed by atoms with van der Waals surface area (Å²) in [6.45, 7) is 2.09. The number of alkyl halides is 9. The summed E-state index contributed by atoms with van der Waals surface area (Å²) in [4.78, 5) is 4.64. The molecule has 0 radical (unpaired) electrons. The van der Waals surface area contributed by atoms with Gasteiger partial charge in [0.05, 0.1) is 22.3 Å². The highest BCUT2D eigenvalue weighted by molar-refractivity contribution is 6.11. The van der Waals surface area contributed by atoms with Crippen LogP contribution in [0.3, 0.4) is 0 Å². The van der Waals surface area contributed by atoms with E-state index in [0.717, 1.165) is 25.1 Å². The molecule has 0 amide bonds. The highest BCUT2D eigenvalue weighted by Crippen LogP contribution is 2.59. The third-order valence-corrected chi connectivity index (χ3v) is 8.39. The maximum atomic E-state index is 15.9. The lowest BCUT2D eigenvalue weighted by Gasteiger charge is -2.21. The lowest BCUT2D eigenvalue weighted by Crippen LogP contribution is -2.25. The van der Waals surface area contributed by atoms with Gasteiger partial charge in [-0.3, -0.25) is 0 Å². The van der Waals surface area contributed by atoms with Gasteiger partial charge in [0.15, 0.2) is 40.5 Å². The molecule has 58 heavy (non-hydrogen) atoms. The highest BCUT2D eigenvalue weighted by Gasteiger charge is 2.51. The average molecular weight is 823 g/mol. The van der Waals surface area contributed by atoms with Crippen molar-refractivity contribution in [2.24, 2.45) is 0 Å². The first-order valence-corrected chi connectivity index (χ1v) is 15.4. The SMILES string of the molecule is CCCCC(=C1C(=C(C#N)c2c(C)c(C#N)c(C#N)c(F)c2F)C1=C(C#N)c1c(F)c(F)c(C#N)c(C#N)c1F)c1c(C(F)(F)F)nc(C(F)(F)F)nc1C(F)(F)F. The molecule has 1 saturated carbocycles. The van der Waals surface area contributed by atoms with Gasteiger partial charge in [-0.1, -0.05) is 13.3 Å². The van der Waals surface area contributed by atoms with Gasteiger partial charge in [0.25, 0.3) is 0 Å². The Labute approximate surface area is 315 Å². The van der Waals surface area contributed by atoms with E-state index in [-0.39, 0.29) is 6.42 Å². The highest BCUT2D eigenvalue weighted by atomic mass is 19.4. The molecule has 0 aliphatic heterocycles. The van der Waals surface area contributed by atoms with Gasteiger partial charge in [0.2, 0.25) is 5.82 Å². The van der Waals surface area contributed by atoms with Crippen LogP contribution in [-0.2, 0) is 18.5 Å². The van der Waals surface area contributed by atoms with Gasteiger partial charge < -0.3 is 0 Å². The molecule has 1 fully saturated rings. The summed E-state index contributed by atoms with van der Waals surface area (Å²) in [5.41, 5.74) is -25.8. The van der Waals surface area contributed by atoms with Crippen molar-refractivity contribution in [3.05, 3.63) is 108 Å². The Morgan fingerprint density at radius 1 is 0.517 bits per heavy atom. The molecule has 0 unspecified atom stereocenters. The first-order valence-electron chi connectivity index (χ1n) is 15.4. The van der Waals surface area contributed by atoms with E-state index in [9.17, 15) is 71.1 Å². The van der Waals surface area contributed by atoms with Crippen LogP contribution in [0.5, 0.6) is 0 Å². The average Bonchev–Trinajstić information content (AvgIpc) is 3.86. The van der Waals surface area contributed by atoms with Crippen molar-refractivity contribution in [1.82, 2.24) is 9.97 Å². The summed E-state index contributed by atoms with van der Waals surface area (Å²) in [6, 6.07) is 6.86. The number of aromatic nitrogens is 2. The molecule has 1 aromatic heterocycles. The number of nitriles is 6. The lowest BCUT2D eigenvalue weighted by atomic mass is 9.91. The van der Waals surface area contributed by atoms with Crippen LogP contribution < -0.4 is 0 Å². The molecule has 3 aromatic rings. The maximum Gasteiger partial charge on any atom is 0.451 e. The van der Waals surface area contributed by atoms with Crippen molar-refractivity contribution in [3.63, 3.8) is 0 Å². The second kappa shape index (κ2) is 15.3. The summed E-state index contributed by atoms with van der Waals surface area (Å²) in [6.07, 6.45) is -20.2. The Bertz CT molecular complexity index is 2530.